The van der Waals surface area contributed by atoms with Crippen molar-refractivity contribution in [2.45, 2.75) is 47.0 Å². The Hall–Kier alpha value is -2.36. The molecule has 23 heavy (non-hydrogen) atoms. The van der Waals surface area contributed by atoms with Crippen molar-refractivity contribution in [1.82, 2.24) is 15.4 Å². The quantitative estimate of drug-likeness (QED) is 0.713. The van der Waals surface area contributed by atoms with E-state index in [1.807, 2.05) is 6.07 Å². The van der Waals surface area contributed by atoms with E-state index in [-0.39, 0.29) is 17.2 Å². The third-order valence-corrected chi connectivity index (χ3v) is 3.57. The fourth-order valence-electron chi connectivity index (χ4n) is 2.96. The summed E-state index contributed by atoms with van der Waals surface area (Å²) in [5.41, 5.74) is 2.55. The molecule has 7 heteroatoms. The average Bonchev–Trinajstić information content (AvgIpc) is 2.45. The maximum Gasteiger partial charge on any atom is 0.423 e. The van der Waals surface area contributed by atoms with Crippen LogP contribution in [-0.4, -0.2) is 27.7 Å². The Morgan fingerprint density at radius 2 is 2.26 bits per heavy atom. The number of carbonyl (C=O) groups is 1. The van der Waals surface area contributed by atoms with Crippen LogP contribution in [0.15, 0.2) is 12.3 Å². The molecule has 1 rings (SSSR count). The van der Waals surface area contributed by atoms with Crippen molar-refractivity contribution >= 4 is 11.9 Å². The maximum atomic E-state index is 11.0. The van der Waals surface area contributed by atoms with Crippen LogP contribution in [0.4, 0.5) is 10.6 Å². The molecule has 0 aromatic carbocycles. The Balaban J connectivity index is 2.86. The van der Waals surface area contributed by atoms with Gasteiger partial charge in [-0.05, 0) is 24.2 Å². The molecule has 1 aromatic rings. The molecule has 0 spiro atoms. The van der Waals surface area contributed by atoms with Gasteiger partial charge in [0, 0.05) is 18.8 Å². The van der Waals surface area contributed by atoms with Gasteiger partial charge in [0.25, 0.3) is 0 Å². The van der Waals surface area contributed by atoms with Gasteiger partial charge in [0.1, 0.15) is 6.07 Å². The first-order valence-electron chi connectivity index (χ1n) is 7.77. The van der Waals surface area contributed by atoms with Crippen molar-refractivity contribution in [2.24, 2.45) is 11.3 Å². The molecule has 0 aliphatic rings. The number of hydrazine groups is 1. The van der Waals surface area contributed by atoms with Crippen molar-refractivity contribution in [2.75, 3.05) is 11.6 Å². The van der Waals surface area contributed by atoms with Gasteiger partial charge in [0.05, 0.1) is 0 Å². The molecule has 0 fully saturated rings. The molecule has 126 valence electrons. The number of aromatic nitrogens is 2. The van der Waals surface area contributed by atoms with Gasteiger partial charge in [-0.15, -0.1) is 0 Å². The molecule has 0 saturated heterocycles. The van der Waals surface area contributed by atoms with Gasteiger partial charge in [-0.3, -0.25) is 5.01 Å². The number of nitriles is 1. The van der Waals surface area contributed by atoms with Crippen LogP contribution in [0.2, 0.25) is 0 Å². The predicted octanol–water partition coefficient (Wildman–Crippen LogP) is 3.19. The lowest BCUT2D eigenvalue weighted by Crippen LogP contribution is -2.45. The molecule has 0 bridgehead atoms. The first kappa shape index (κ1) is 18.7. The van der Waals surface area contributed by atoms with E-state index < -0.39 is 6.09 Å². The van der Waals surface area contributed by atoms with Crippen LogP contribution >= 0.6 is 0 Å². The molecule has 1 unspecified atom stereocenters. The second-order valence-corrected chi connectivity index (χ2v) is 6.60. The molecule has 1 heterocycles. The molecule has 1 atom stereocenters. The van der Waals surface area contributed by atoms with E-state index in [1.165, 1.54) is 11.2 Å². The maximum absolute atomic E-state index is 11.0. The normalized spacial score (nSPS) is 12.3. The summed E-state index contributed by atoms with van der Waals surface area (Å²) in [7, 11) is 0. The van der Waals surface area contributed by atoms with Crippen molar-refractivity contribution in [3.8, 4) is 6.07 Å². The van der Waals surface area contributed by atoms with Crippen LogP contribution in [0.5, 0.6) is 0 Å². The summed E-state index contributed by atoms with van der Waals surface area (Å²) in [5, 5.41) is 19.4. The van der Waals surface area contributed by atoms with Gasteiger partial charge in [0.2, 0.25) is 5.82 Å². The van der Waals surface area contributed by atoms with Crippen LogP contribution in [-0.2, 0) is 0 Å². The molecule has 1 amide bonds. The Morgan fingerprint density at radius 1 is 1.57 bits per heavy atom. The van der Waals surface area contributed by atoms with Gasteiger partial charge in [-0.1, -0.05) is 34.1 Å². The van der Waals surface area contributed by atoms with E-state index in [4.69, 9.17) is 10.4 Å². The number of amides is 1. The van der Waals surface area contributed by atoms with Crippen LogP contribution < -0.4 is 10.4 Å². The molecule has 2 N–H and O–H groups in total. The fourth-order valence-corrected chi connectivity index (χ4v) is 2.96. The molecular weight excluding hydrogens is 294 g/mol. The van der Waals surface area contributed by atoms with E-state index >= 15 is 0 Å². The van der Waals surface area contributed by atoms with Crippen LogP contribution in [0.25, 0.3) is 0 Å². The lowest BCUT2D eigenvalue weighted by atomic mass is 9.80. The first-order chi connectivity index (χ1) is 10.8. The molecule has 1 aromatic heterocycles. The number of anilines is 1. The van der Waals surface area contributed by atoms with E-state index in [2.05, 4.69) is 43.1 Å². The van der Waals surface area contributed by atoms with E-state index in [0.717, 1.165) is 19.3 Å². The zero-order valence-electron chi connectivity index (χ0n) is 14.2. The third-order valence-electron chi connectivity index (χ3n) is 3.57. The highest BCUT2D eigenvalue weighted by molar-refractivity contribution is 5.67. The molecule has 0 radical (unpaired) electrons. The lowest BCUT2D eigenvalue weighted by molar-refractivity contribution is 0.191. The largest absolute Gasteiger partial charge is 0.464 e. The summed E-state index contributed by atoms with van der Waals surface area (Å²) in [6.07, 6.45) is 3.49. The Labute approximate surface area is 137 Å². The van der Waals surface area contributed by atoms with Crippen molar-refractivity contribution in [3.05, 3.63) is 18.1 Å². The zero-order chi connectivity index (χ0) is 17.5. The topological polar surface area (TPSA) is 102 Å². The summed E-state index contributed by atoms with van der Waals surface area (Å²) >= 11 is 0. The van der Waals surface area contributed by atoms with Crippen molar-refractivity contribution < 1.29 is 9.90 Å². The summed E-state index contributed by atoms with van der Waals surface area (Å²) < 4.78 is 0. The van der Waals surface area contributed by atoms with Crippen LogP contribution in [0.1, 0.15) is 52.8 Å². The van der Waals surface area contributed by atoms with Crippen molar-refractivity contribution in [1.29, 1.82) is 5.26 Å². The number of hydrogen-bond acceptors (Lipinski definition) is 5. The number of hydrogen-bond donors (Lipinski definition) is 2. The summed E-state index contributed by atoms with van der Waals surface area (Å²) in [6.45, 7) is 9.16. The summed E-state index contributed by atoms with van der Waals surface area (Å²) in [6, 6.07) is 3.44. The molecule has 0 aliphatic carbocycles. The lowest BCUT2D eigenvalue weighted by Gasteiger charge is -2.31. The molecule has 0 saturated carbocycles. The summed E-state index contributed by atoms with van der Waals surface area (Å²) in [4.78, 5) is 18.9. The second-order valence-electron chi connectivity index (χ2n) is 6.60. The van der Waals surface area contributed by atoms with Crippen LogP contribution in [0.3, 0.4) is 0 Å². The smallest absolute Gasteiger partial charge is 0.423 e. The fraction of sp³-hybridized carbons (Fsp3) is 0.625. The first-order valence-corrected chi connectivity index (χ1v) is 7.77. The number of nitrogens with one attached hydrogen (secondary N) is 1. The number of carboxylic acid groups (broad SMARTS) is 1. The SMILES string of the molecule is CCCC(C)(C)CC(C)CN(NC(=O)O)c1ccnc(C#N)n1. The van der Waals surface area contributed by atoms with E-state index in [1.54, 1.807) is 6.07 Å². The van der Waals surface area contributed by atoms with Gasteiger partial charge in [0.15, 0.2) is 5.82 Å². The summed E-state index contributed by atoms with van der Waals surface area (Å²) in [5.74, 6) is 0.640. The van der Waals surface area contributed by atoms with E-state index in [0.29, 0.717) is 12.4 Å². The highest BCUT2D eigenvalue weighted by Gasteiger charge is 2.23. The standard InChI is InChI=1S/C16H25N5O2/c1-5-7-16(3,4)9-12(2)11-21(20-15(22)23)14-6-8-18-13(10-17)19-14/h6,8,12,20H,5,7,9,11H2,1-4H3,(H,22,23). The second kappa shape index (κ2) is 8.32. The predicted molar refractivity (Wildman–Crippen MR) is 87.7 cm³/mol. The monoisotopic (exact) mass is 319 g/mol. The minimum atomic E-state index is -1.16. The number of rotatable bonds is 8. The van der Waals surface area contributed by atoms with E-state index in [9.17, 15) is 4.79 Å². The van der Waals surface area contributed by atoms with Gasteiger partial charge in [-0.25, -0.2) is 15.2 Å². The highest BCUT2D eigenvalue weighted by atomic mass is 16.4. The minimum absolute atomic E-state index is 0.0126. The highest BCUT2D eigenvalue weighted by Crippen LogP contribution is 2.31. The Kier molecular flexibility index (Phi) is 6.76. The Bertz CT molecular complexity index is 568. The molecular formula is C16H25N5O2. The van der Waals surface area contributed by atoms with Crippen molar-refractivity contribution in [3.63, 3.8) is 0 Å². The van der Waals surface area contributed by atoms with Gasteiger partial charge in [-0.2, -0.15) is 10.2 Å². The third kappa shape index (κ3) is 6.51. The average molecular weight is 319 g/mol. The zero-order valence-corrected chi connectivity index (χ0v) is 14.2. The Morgan fingerprint density at radius 3 is 2.83 bits per heavy atom. The molecule has 7 nitrogen and oxygen atoms in total. The molecule has 0 aliphatic heterocycles. The van der Waals surface area contributed by atoms with Gasteiger partial charge < -0.3 is 5.11 Å². The minimum Gasteiger partial charge on any atom is -0.464 e. The number of nitrogens with zero attached hydrogens (tertiary/aromatic N) is 4. The van der Waals surface area contributed by atoms with Gasteiger partial charge >= 0.3 is 6.09 Å². The van der Waals surface area contributed by atoms with Crippen LogP contribution in [0, 0.1) is 22.7 Å².